The summed E-state index contributed by atoms with van der Waals surface area (Å²) in [6.45, 7) is 19.6. The Labute approximate surface area is 551 Å². The highest BCUT2D eigenvalue weighted by molar-refractivity contribution is 5.97. The van der Waals surface area contributed by atoms with Crippen LogP contribution in [0.1, 0.15) is 165 Å². The lowest BCUT2D eigenvalue weighted by Crippen LogP contribution is -2.55. The molecule has 10 atom stereocenters. The molecule has 0 aliphatic heterocycles. The van der Waals surface area contributed by atoms with Gasteiger partial charge in [0.1, 0.15) is 29.4 Å². The number of carboxylic acids is 2. The van der Waals surface area contributed by atoms with Crippen molar-refractivity contribution in [3.05, 3.63) is 40.3 Å². The van der Waals surface area contributed by atoms with Gasteiger partial charge in [-0.25, -0.2) is 4.79 Å². The van der Waals surface area contributed by atoms with E-state index in [0.717, 1.165) is 0 Å². The van der Waals surface area contributed by atoms with Gasteiger partial charge in [0.2, 0.25) is 35.4 Å². The van der Waals surface area contributed by atoms with Crippen LogP contribution < -0.4 is 43.4 Å². The number of aliphatic carboxylic acids is 2. The van der Waals surface area contributed by atoms with Gasteiger partial charge >= 0.3 is 11.9 Å². The van der Waals surface area contributed by atoms with Crippen LogP contribution in [0.4, 0.5) is 0 Å². The van der Waals surface area contributed by atoms with Gasteiger partial charge < -0.3 is 73.3 Å². The van der Waals surface area contributed by atoms with Crippen molar-refractivity contribution in [2.24, 2.45) is 68.9 Å². The number of aliphatic hydroxyl groups is 1. The number of nitrogens with one attached hydrogen (secondary N) is 6. The molecule has 526 valence electrons. The van der Waals surface area contributed by atoms with E-state index < -0.39 is 125 Å². The average Bonchev–Trinajstić information content (AvgIpc) is 0.903. The van der Waals surface area contributed by atoms with E-state index in [4.69, 9.17) is 28.2 Å². The van der Waals surface area contributed by atoms with Gasteiger partial charge in [0, 0.05) is 86.7 Å². The Balaban J connectivity index is 0.00000192. The van der Waals surface area contributed by atoms with E-state index in [2.05, 4.69) is 52.8 Å². The van der Waals surface area contributed by atoms with Crippen molar-refractivity contribution in [2.45, 2.75) is 202 Å². The van der Waals surface area contributed by atoms with Gasteiger partial charge in [-0.15, -0.1) is 12.3 Å². The molecule has 0 fully saturated rings. The molecule has 0 bridgehead atoms. The van der Waals surface area contributed by atoms with Crippen molar-refractivity contribution in [2.75, 3.05) is 32.8 Å². The molecule has 1 rings (SSSR count). The molecular weight excluding hydrogens is 1220 g/mol. The number of ether oxygens (including phenoxy) is 1. The molecule has 0 saturated heterocycles. The zero-order chi connectivity index (χ0) is 71.8. The molecule has 0 heterocycles. The number of aliphatic hydroxyl groups excluding tert-OH is 1. The molecular formula is C65H104N12O17. The van der Waals surface area contributed by atoms with E-state index in [9.17, 15) is 78.0 Å². The minimum Gasteiger partial charge on any atom is -0.508 e. The third kappa shape index (κ3) is 38.5. The van der Waals surface area contributed by atoms with E-state index in [0.29, 0.717) is 18.4 Å². The van der Waals surface area contributed by atoms with Crippen LogP contribution in [0.2, 0.25) is 0 Å². The number of terminal acetylenes is 1. The number of aliphatic imine (C=N–C) groups is 1. The van der Waals surface area contributed by atoms with Crippen LogP contribution >= 0.6 is 0 Å². The van der Waals surface area contributed by atoms with Gasteiger partial charge in [0.25, 0.3) is 0 Å². The largest absolute Gasteiger partial charge is 0.508 e. The summed E-state index contributed by atoms with van der Waals surface area (Å²) in [6, 6.07) is 0.124. The van der Waals surface area contributed by atoms with Crippen molar-refractivity contribution in [3.8, 4) is 18.1 Å². The Morgan fingerprint density at radius 2 is 1.14 bits per heavy atom. The lowest BCUT2D eigenvalue weighted by molar-refractivity contribution is -0.146. The van der Waals surface area contributed by atoms with Crippen LogP contribution in [-0.2, 0) is 68.7 Å². The van der Waals surface area contributed by atoms with Crippen LogP contribution in [0.15, 0.2) is 34.4 Å². The summed E-state index contributed by atoms with van der Waals surface area (Å²) in [7, 11) is 0. The Hall–Kier alpha value is -8.48. The molecule has 1 unspecified atom stereocenters. The smallest absolute Gasteiger partial charge is 0.328 e. The number of benzene rings is 1. The fraction of sp³-hybridized carbons (Fsp3) is 0.677. The normalized spacial score (nSPS) is 14.2. The number of guanidine groups is 1. The number of ketones is 4. The summed E-state index contributed by atoms with van der Waals surface area (Å²) >= 11 is 0. The molecule has 0 saturated carbocycles. The molecule has 6 amide bonds. The van der Waals surface area contributed by atoms with Gasteiger partial charge in [-0.2, -0.15) is 0 Å². The minimum absolute atomic E-state index is 0.00588. The molecule has 0 aliphatic carbocycles. The van der Waals surface area contributed by atoms with Crippen LogP contribution in [0.25, 0.3) is 10.4 Å². The van der Waals surface area contributed by atoms with E-state index in [1.165, 1.54) is 32.9 Å². The lowest BCUT2D eigenvalue weighted by Gasteiger charge is -2.27. The molecule has 14 N–H and O–H groups in total. The summed E-state index contributed by atoms with van der Waals surface area (Å²) in [5, 5.41) is 56.9. The van der Waals surface area contributed by atoms with Gasteiger partial charge in [-0.3, -0.25) is 52.9 Å². The van der Waals surface area contributed by atoms with Crippen LogP contribution in [0, 0.1) is 59.7 Å². The van der Waals surface area contributed by atoms with E-state index in [1.807, 2.05) is 55.4 Å². The van der Waals surface area contributed by atoms with E-state index >= 15 is 0 Å². The Morgan fingerprint density at radius 3 is 1.66 bits per heavy atom. The van der Waals surface area contributed by atoms with E-state index in [1.54, 1.807) is 12.1 Å². The number of Topliss-reactive ketones (excluding diaryl/α,β-unsaturated/α-hetero) is 4. The quantitative estimate of drug-likeness (QED) is 0.00841. The zero-order valence-corrected chi connectivity index (χ0v) is 56.4. The van der Waals surface area contributed by atoms with Crippen molar-refractivity contribution >= 4 is 76.5 Å². The fourth-order valence-electron chi connectivity index (χ4n) is 9.86. The number of phenolic OH excluding ortho intramolecular Hbond substituents is 1. The summed E-state index contributed by atoms with van der Waals surface area (Å²) in [6.07, 6.45) is 4.77. The number of carboxylic acid groups (broad SMARTS) is 2. The third-order valence-corrected chi connectivity index (χ3v) is 14.5. The molecule has 29 nitrogen and oxygen atoms in total. The third-order valence-electron chi connectivity index (χ3n) is 14.5. The number of phenols is 1. The Kier molecular flexibility index (Phi) is 42.4. The van der Waals surface area contributed by atoms with Crippen molar-refractivity contribution in [3.63, 3.8) is 0 Å². The maximum atomic E-state index is 13.9. The second-order valence-electron chi connectivity index (χ2n) is 25.3. The first kappa shape index (κ1) is 85.5. The minimum atomic E-state index is -1.57. The van der Waals surface area contributed by atoms with Crippen LogP contribution in [0.5, 0.6) is 5.75 Å². The summed E-state index contributed by atoms with van der Waals surface area (Å²) in [5.74, 6) is -8.73. The van der Waals surface area contributed by atoms with Crippen molar-refractivity contribution < 1.29 is 82.7 Å². The predicted molar refractivity (Wildman–Crippen MR) is 350 cm³/mol. The highest BCUT2D eigenvalue weighted by Crippen LogP contribution is 2.24. The average molecular weight is 1330 g/mol. The molecule has 0 aliphatic rings. The molecule has 0 radical (unpaired) electrons. The summed E-state index contributed by atoms with van der Waals surface area (Å²) in [5.41, 5.74) is 19.9. The number of carbonyl (C=O) groups excluding carboxylic acids is 10. The number of carbonyl (C=O) groups is 12. The monoisotopic (exact) mass is 1320 g/mol. The number of amides is 6. The Bertz CT molecular complexity index is 2760. The first-order chi connectivity index (χ1) is 44.0. The summed E-state index contributed by atoms with van der Waals surface area (Å²) < 4.78 is 5.18. The number of nitrogens with two attached hydrogens (primary N) is 2. The lowest BCUT2D eigenvalue weighted by atomic mass is 9.87. The standard InChI is InChI=1S/C39H66N6O9.C26H38N6O8/c1-10-11-14-30(47)19-28(16-22(2)3)36(51)43-25(8)32(48)20-27(13-12-15-42-39(40)41)35(50)44-31(18-24(6)7)33(49)21-29(17-23(4)5)37(52)45-34(26(9)46)38(53)54;1-16(2)12-21(30-24(37)19(13-17(3)33)14-18-4-6-20(34)7-5-18)26(39)31-22(15-23(35)36)25(38)28-8-10-40-11-9-29-32-27/h1,22-29,31,34,46H,11-21H2,2-9H3,(H,43,51)(H,44,50)(H,45,52)(H,53,54)(H4,40,41,42);4-7,16,19,21-22,34H,8-15H2,1-3H3,(H,28,38)(H,30,37)(H,31,39)(H,35,36)/t25-,26?,27+,28+,29+,31-,34-;19-,21+,22-/m00/s1. The topological polar surface area (TPSA) is 480 Å². The maximum Gasteiger partial charge on any atom is 0.328 e. The number of hydrogen-bond acceptors (Lipinski definition) is 17. The highest BCUT2D eigenvalue weighted by atomic mass is 16.5. The van der Waals surface area contributed by atoms with Crippen LogP contribution in [0.3, 0.4) is 0 Å². The number of hydrogen-bond donors (Lipinski definition) is 12. The number of azide groups is 1. The number of aromatic hydroxyl groups is 1. The molecule has 1 aromatic carbocycles. The zero-order valence-electron chi connectivity index (χ0n) is 56.4. The van der Waals surface area contributed by atoms with Gasteiger partial charge in [-0.05, 0) is 113 Å². The first-order valence-corrected chi connectivity index (χ1v) is 31.9. The molecule has 0 aromatic heterocycles. The molecule has 0 spiro atoms. The maximum absolute atomic E-state index is 13.9. The van der Waals surface area contributed by atoms with Gasteiger partial charge in [-0.1, -0.05) is 72.6 Å². The molecule has 94 heavy (non-hydrogen) atoms. The van der Waals surface area contributed by atoms with Crippen LogP contribution in [-0.4, -0.2) is 166 Å². The second-order valence-corrected chi connectivity index (χ2v) is 25.3. The highest BCUT2D eigenvalue weighted by Gasteiger charge is 2.36. The predicted octanol–water partition coefficient (Wildman–Crippen LogP) is 3.72. The SMILES string of the molecule is C#CCCC(=O)C[C@@H](CC(C)C)C(=O)N[C@@H](C)C(=O)C[C@@H](CCCN=C(N)N)C(=O)N[C@@H](CC(C)C)C(=O)C[C@@H](CC(C)C)C(=O)N[C@H](C(=O)O)C(C)O.CC(=O)C[C@@H](Cc1ccc(O)cc1)C(=O)N[C@H](CC(C)C)C(=O)N[C@@H](CC(=O)O)C(=O)NCCOCCN=[N+]=[N-]. The van der Waals surface area contributed by atoms with Crippen molar-refractivity contribution in [1.29, 1.82) is 0 Å². The Morgan fingerprint density at radius 1 is 0.617 bits per heavy atom. The number of rotatable bonds is 47. The van der Waals surface area contributed by atoms with Gasteiger partial charge in [0.15, 0.2) is 23.6 Å². The molecule has 1 aromatic rings. The fourth-order valence-corrected chi connectivity index (χ4v) is 9.86. The first-order valence-electron chi connectivity index (χ1n) is 31.9. The van der Waals surface area contributed by atoms with Crippen molar-refractivity contribution in [1.82, 2.24) is 31.9 Å². The second kappa shape index (κ2) is 46.6. The summed E-state index contributed by atoms with van der Waals surface area (Å²) in [4.78, 5) is 161. The van der Waals surface area contributed by atoms with E-state index in [-0.39, 0.29) is 150 Å². The molecule has 29 heteroatoms. The van der Waals surface area contributed by atoms with Gasteiger partial charge in [0.05, 0.1) is 37.8 Å². The number of nitrogens with zero attached hydrogens (tertiary/aromatic N) is 4.